The van der Waals surface area contributed by atoms with E-state index in [9.17, 15) is 0 Å². The fourth-order valence-electron chi connectivity index (χ4n) is 2.01. The summed E-state index contributed by atoms with van der Waals surface area (Å²) in [5, 5.41) is 0. The van der Waals surface area contributed by atoms with E-state index < -0.39 is 0 Å². The van der Waals surface area contributed by atoms with Crippen molar-refractivity contribution >= 4 is 29.2 Å². The average Bonchev–Trinajstić information content (AvgIpc) is 2.38. The molecular weight excluding hydrogens is 335 g/mol. The molecule has 0 fully saturated rings. The summed E-state index contributed by atoms with van der Waals surface area (Å²) in [5.74, 6) is 3.61. The van der Waals surface area contributed by atoms with Gasteiger partial charge in [-0.3, -0.25) is 0 Å². The first-order valence-corrected chi connectivity index (χ1v) is 8.68. The summed E-state index contributed by atoms with van der Waals surface area (Å²) in [4.78, 5) is 0. The van der Waals surface area contributed by atoms with Crippen LogP contribution in [-0.4, -0.2) is 11.0 Å². The molecule has 0 aromatic rings. The maximum Gasteiger partial charge on any atom is 1.00 e. The van der Waals surface area contributed by atoms with Gasteiger partial charge in [-0.05, 0) is 25.1 Å². The van der Waals surface area contributed by atoms with E-state index >= 15 is 0 Å². The largest absolute Gasteiger partial charge is 1.00 e. The van der Waals surface area contributed by atoms with E-state index in [1.807, 2.05) is 6.92 Å². The van der Waals surface area contributed by atoms with Gasteiger partial charge in [-0.25, -0.2) is 12.0 Å². The molecule has 1 nitrogen and oxygen atoms in total. The molecule has 4 heteroatoms. The van der Waals surface area contributed by atoms with Crippen LogP contribution in [-0.2, 0) is 4.74 Å². The Hall–Kier alpha value is 1.23. The minimum Gasteiger partial charge on any atom is -0.479 e. The van der Waals surface area contributed by atoms with Crippen LogP contribution in [0.1, 0.15) is 54.9 Å². The Kier molecular flexibility index (Phi) is 15.6. The van der Waals surface area contributed by atoms with Gasteiger partial charge in [0.25, 0.3) is 0 Å². The van der Waals surface area contributed by atoms with Crippen molar-refractivity contribution in [2.24, 2.45) is 17.8 Å². The summed E-state index contributed by atoms with van der Waals surface area (Å²) >= 11 is 8.12. The summed E-state index contributed by atoms with van der Waals surface area (Å²) in [7, 11) is 0. The molecule has 1 aliphatic rings. The summed E-state index contributed by atoms with van der Waals surface area (Å²) < 4.78 is 4.95. The third-order valence-corrected chi connectivity index (χ3v) is 3.78. The van der Waals surface area contributed by atoms with Crippen LogP contribution in [0.25, 0.3) is 0 Å². The van der Waals surface area contributed by atoms with Crippen LogP contribution >= 0.6 is 24.8 Å². The molecule has 0 amide bonds. The smallest absolute Gasteiger partial charge is 0.479 e. The quantitative estimate of drug-likeness (QED) is 0.354. The molecule has 1 aliphatic carbocycles. The number of hydrogen-bond acceptors (Lipinski definition) is 2. The number of hydrogen-bond donors (Lipinski definition) is 1. The molecule has 0 aromatic heterocycles. The predicted molar refractivity (Wildman–Crippen MR) is 102 cm³/mol. The molecule has 0 atom stereocenters. The summed E-state index contributed by atoms with van der Waals surface area (Å²) in [6, 6.07) is 0. The van der Waals surface area contributed by atoms with Gasteiger partial charge >= 0.3 is 51.4 Å². The summed E-state index contributed by atoms with van der Waals surface area (Å²) in [6.45, 7) is 16.2. The fraction of sp³-hybridized carbons (Fsp3) is 0.667. The van der Waals surface area contributed by atoms with Crippen molar-refractivity contribution in [1.29, 1.82) is 0 Å². The van der Waals surface area contributed by atoms with Crippen LogP contribution in [0, 0.1) is 23.7 Å². The van der Waals surface area contributed by atoms with Gasteiger partial charge in [-0.15, -0.1) is 6.08 Å². The van der Waals surface area contributed by atoms with Crippen molar-refractivity contribution in [2.45, 2.75) is 54.9 Å². The minimum atomic E-state index is 0. The molecule has 0 saturated heterocycles. The van der Waals surface area contributed by atoms with Gasteiger partial charge < -0.3 is 4.74 Å². The molecule has 0 aromatic carbocycles. The van der Waals surface area contributed by atoms with Gasteiger partial charge in [0.1, 0.15) is 0 Å². The van der Waals surface area contributed by atoms with E-state index in [4.69, 9.17) is 0 Å². The van der Waals surface area contributed by atoms with E-state index in [0.717, 1.165) is 0 Å². The van der Waals surface area contributed by atoms with E-state index in [1.165, 1.54) is 12.0 Å². The van der Waals surface area contributed by atoms with E-state index in [2.05, 4.69) is 83.3 Å². The van der Waals surface area contributed by atoms with Crippen molar-refractivity contribution in [3.05, 3.63) is 29.2 Å². The Morgan fingerprint density at radius 1 is 1.23 bits per heavy atom. The van der Waals surface area contributed by atoms with Gasteiger partial charge in [-0.2, -0.15) is 5.57 Å². The molecule has 0 spiro atoms. The number of allylic oxidation sites excluding steroid dienone is 4. The van der Waals surface area contributed by atoms with Gasteiger partial charge in [0.2, 0.25) is 4.38 Å². The van der Waals surface area contributed by atoms with Crippen molar-refractivity contribution in [1.82, 2.24) is 0 Å². The second-order valence-electron chi connectivity index (χ2n) is 6.28. The number of thiol groups is 1. The van der Waals surface area contributed by atoms with Crippen LogP contribution in [0.2, 0.25) is 0 Å². The van der Waals surface area contributed by atoms with E-state index in [-0.39, 0.29) is 51.4 Å². The second kappa shape index (κ2) is 13.5. The average molecular weight is 367 g/mol. The summed E-state index contributed by atoms with van der Waals surface area (Å²) in [6.07, 6.45) is 6.02. The topological polar surface area (TPSA) is 9.23 Å². The van der Waals surface area contributed by atoms with Crippen LogP contribution in [0.4, 0.5) is 0 Å². The van der Waals surface area contributed by atoms with Gasteiger partial charge in [0.15, 0.2) is 0 Å². The third kappa shape index (κ3) is 10.9. The van der Waals surface area contributed by atoms with Gasteiger partial charge in [0, 0.05) is 0 Å². The molecule has 0 bridgehead atoms. The maximum atomic E-state index is 4.64. The van der Waals surface area contributed by atoms with Crippen LogP contribution in [0.15, 0.2) is 23.3 Å². The summed E-state index contributed by atoms with van der Waals surface area (Å²) in [5.41, 5.74) is 3.11. The molecule has 0 N–H and O–H groups in total. The van der Waals surface area contributed by atoms with Crippen LogP contribution in [0.3, 0.4) is 0 Å². The Morgan fingerprint density at radius 2 is 1.77 bits per heavy atom. The molecule has 0 saturated carbocycles. The molecule has 0 unspecified atom stereocenters. The predicted octanol–water partition coefficient (Wildman–Crippen LogP) is 3.03. The zero-order chi connectivity index (χ0) is 16.6. The molecule has 1 rings (SSSR count). The van der Waals surface area contributed by atoms with Crippen molar-refractivity contribution in [2.75, 3.05) is 6.61 Å². The molecule has 0 heterocycles. The number of ether oxygens (including phenoxy) is 1. The van der Waals surface area contributed by atoms with E-state index in [1.54, 1.807) is 11.5 Å². The third-order valence-electron chi connectivity index (χ3n) is 3.53. The molecule has 22 heavy (non-hydrogen) atoms. The van der Waals surface area contributed by atoms with E-state index in [0.29, 0.717) is 28.7 Å². The van der Waals surface area contributed by atoms with Crippen molar-refractivity contribution < 1.29 is 56.1 Å². The molecule has 122 valence electrons. The van der Waals surface area contributed by atoms with Crippen LogP contribution < -0.4 is 51.4 Å². The minimum absolute atomic E-state index is 0. The first-order valence-electron chi connectivity index (χ1n) is 7.82. The van der Waals surface area contributed by atoms with Crippen LogP contribution in [0.5, 0.6) is 0 Å². The standard InChI is InChI=1S/C15H25.C3H6OS2.K/c1-10(2)13-7-14(11(3)4)9-15(8-13)12(5)6;1-2-4-3(5)6;/h7-8,10-12H,9H2,1-6H3;2H2,1H3,(H,5,6);/q-1;;+1. The number of thiocarbonyl (C=S) groups is 1. The first-order chi connectivity index (χ1) is 9.68. The maximum absolute atomic E-state index is 4.64. The normalized spacial score (nSPS) is 14.0. The SMILES string of the molecule is CC(C)C1=C[C-](C(C)C)CC(C(C)C)=C1.CCOC(=S)S.[K+]. The first kappa shape index (κ1) is 25.5. The van der Waals surface area contributed by atoms with Crippen molar-refractivity contribution in [3.63, 3.8) is 0 Å². The van der Waals surface area contributed by atoms with Gasteiger partial charge in [-0.1, -0.05) is 78.0 Å². The van der Waals surface area contributed by atoms with Gasteiger partial charge in [0.05, 0.1) is 6.61 Å². The monoisotopic (exact) mass is 366 g/mol. The van der Waals surface area contributed by atoms with Crippen molar-refractivity contribution in [3.8, 4) is 0 Å². The Morgan fingerprint density at radius 3 is 2.05 bits per heavy atom. The molecule has 0 aliphatic heterocycles. The second-order valence-corrected chi connectivity index (χ2v) is 7.36. The molecule has 0 radical (unpaired) electrons. The Balaban J connectivity index is 0. The zero-order valence-corrected chi connectivity index (χ0v) is 20.4. The fourth-order valence-corrected chi connectivity index (χ4v) is 2.25. The Labute approximate surface area is 191 Å². The number of rotatable bonds is 4. The zero-order valence-electron chi connectivity index (χ0n) is 15.6. The Bertz CT molecular complexity index is 385. The molecular formula is C18H31KOS2.